The Kier molecular flexibility index (Phi) is 6.43. The van der Waals surface area contributed by atoms with Crippen LogP contribution in [-0.4, -0.2) is 43.0 Å². The number of nitrogens with one attached hydrogen (secondary N) is 2. The molecule has 2 rings (SSSR count). The molecular formula is C10H16N5O10P2+. The highest BCUT2D eigenvalue weighted by molar-refractivity contribution is 7.60. The molecule has 1 saturated heterocycles. The molecule has 17 heteroatoms. The summed E-state index contributed by atoms with van der Waals surface area (Å²) >= 11 is 0. The summed E-state index contributed by atoms with van der Waals surface area (Å²) in [5.74, 6) is 0. The fourth-order valence-electron chi connectivity index (χ4n) is 2.36. The van der Waals surface area contributed by atoms with E-state index < -0.39 is 51.9 Å². The maximum atomic E-state index is 11.9. The van der Waals surface area contributed by atoms with Gasteiger partial charge in [-0.05, 0) is 6.92 Å². The first-order chi connectivity index (χ1) is 12.4. The Balaban J connectivity index is 2.18. The van der Waals surface area contributed by atoms with Crippen LogP contribution in [0.4, 0.5) is 0 Å². The number of hydrogen-bond donors (Lipinski definition) is 5. The van der Waals surface area contributed by atoms with Crippen LogP contribution in [0.1, 0.15) is 18.2 Å². The van der Waals surface area contributed by atoms with Crippen LogP contribution in [0.5, 0.6) is 0 Å². The number of ether oxygens (including phenoxy) is 1. The lowest BCUT2D eigenvalue weighted by atomic mass is 10.1. The molecule has 1 unspecified atom stereocenters. The predicted molar refractivity (Wildman–Crippen MR) is 84.6 cm³/mol. The number of aromatic nitrogens is 2. The van der Waals surface area contributed by atoms with Crippen molar-refractivity contribution in [3.63, 3.8) is 0 Å². The summed E-state index contributed by atoms with van der Waals surface area (Å²) in [6.45, 7) is 0.762. The van der Waals surface area contributed by atoms with E-state index >= 15 is 0 Å². The number of rotatable bonds is 7. The average molecular weight is 428 g/mol. The summed E-state index contributed by atoms with van der Waals surface area (Å²) in [7, 11) is -10.4. The zero-order valence-electron chi connectivity index (χ0n) is 13.7. The quantitative estimate of drug-likeness (QED) is 0.208. The van der Waals surface area contributed by atoms with Gasteiger partial charge in [-0.25, -0.2) is 13.9 Å². The molecule has 1 aliphatic rings. The minimum Gasteiger partial charge on any atom is -0.350 e. The number of nitrogens with zero attached hydrogens (tertiary/aromatic N) is 3. The van der Waals surface area contributed by atoms with Gasteiger partial charge in [0.2, 0.25) is 4.91 Å². The lowest BCUT2D eigenvalue weighted by Gasteiger charge is -2.17. The van der Waals surface area contributed by atoms with Crippen LogP contribution in [0, 0.1) is 12.5 Å². The largest absolute Gasteiger partial charge is 0.481 e. The first-order valence-electron chi connectivity index (χ1n) is 7.20. The zero-order valence-corrected chi connectivity index (χ0v) is 15.4. The lowest BCUT2D eigenvalue weighted by Crippen LogP contribution is -2.33. The molecule has 0 saturated carbocycles. The Labute approximate surface area is 150 Å². The number of phosphoric ester groups is 1. The van der Waals surface area contributed by atoms with Gasteiger partial charge in [-0.1, -0.05) is 0 Å². The molecular weight excluding hydrogens is 412 g/mol. The summed E-state index contributed by atoms with van der Waals surface area (Å²) in [4.78, 5) is 54.8. The molecule has 1 aromatic rings. The van der Waals surface area contributed by atoms with Crippen molar-refractivity contribution < 1.29 is 37.4 Å². The molecule has 2 heterocycles. The van der Waals surface area contributed by atoms with Crippen LogP contribution in [0.3, 0.4) is 0 Å². The average Bonchev–Trinajstić information content (AvgIpc) is 2.90. The van der Waals surface area contributed by atoms with Crippen molar-refractivity contribution in [2.24, 2.45) is 5.11 Å². The maximum absolute atomic E-state index is 11.9. The Morgan fingerprint density at radius 2 is 2.11 bits per heavy atom. The summed E-state index contributed by atoms with van der Waals surface area (Å²) in [5, 5.41) is 3.56. The number of hydrogen-bond acceptors (Lipinski definition) is 9. The zero-order chi connectivity index (χ0) is 20.4. The van der Waals surface area contributed by atoms with Crippen LogP contribution >= 0.6 is 15.6 Å². The normalized spacial score (nSPS) is 25.0. The molecule has 4 atom stereocenters. The summed E-state index contributed by atoms with van der Waals surface area (Å²) in [5.41, 5.74) is 5.70. The van der Waals surface area contributed by atoms with E-state index in [-0.39, 0.29) is 12.0 Å². The van der Waals surface area contributed by atoms with Crippen molar-refractivity contribution in [3.05, 3.63) is 32.6 Å². The first-order valence-corrected chi connectivity index (χ1v) is 10.2. The second-order valence-corrected chi connectivity index (χ2v) is 8.29. The summed E-state index contributed by atoms with van der Waals surface area (Å²) in [6, 6.07) is -0.873. The summed E-state index contributed by atoms with van der Waals surface area (Å²) < 4.78 is 36.9. The number of aryl methyl sites for hydroxylation is 1. The lowest BCUT2D eigenvalue weighted by molar-refractivity contribution is -0.0270. The van der Waals surface area contributed by atoms with E-state index in [4.69, 9.17) is 20.1 Å². The van der Waals surface area contributed by atoms with Crippen molar-refractivity contribution in [2.45, 2.75) is 31.7 Å². The highest BCUT2D eigenvalue weighted by atomic mass is 31.3. The number of phosphoric acid groups is 2. The number of H-pyrrole nitrogens is 1. The molecule has 0 bridgehead atoms. The fourth-order valence-corrected chi connectivity index (χ4v) is 3.96. The van der Waals surface area contributed by atoms with Crippen molar-refractivity contribution >= 4 is 15.6 Å². The molecule has 0 spiro atoms. The van der Waals surface area contributed by atoms with E-state index in [1.807, 2.05) is 0 Å². The molecule has 0 amide bonds. The van der Waals surface area contributed by atoms with E-state index in [0.717, 1.165) is 4.57 Å². The smallest absolute Gasteiger partial charge is 0.350 e. The minimum absolute atomic E-state index is 0.0108. The Hall–Kier alpha value is -1.79. The third kappa shape index (κ3) is 5.84. The molecule has 0 aromatic carbocycles. The maximum Gasteiger partial charge on any atom is 0.481 e. The fraction of sp³-hybridized carbons (Fsp3) is 0.600. The molecule has 150 valence electrons. The van der Waals surface area contributed by atoms with Crippen molar-refractivity contribution in [3.8, 4) is 0 Å². The van der Waals surface area contributed by atoms with E-state index in [1.54, 1.807) is 0 Å². The molecule has 1 aromatic heterocycles. The van der Waals surface area contributed by atoms with Gasteiger partial charge in [0.05, 0.1) is 6.61 Å². The van der Waals surface area contributed by atoms with Gasteiger partial charge in [-0.15, -0.1) is 0 Å². The highest BCUT2D eigenvalue weighted by Gasteiger charge is 2.42. The van der Waals surface area contributed by atoms with Crippen LogP contribution in [0.25, 0.3) is 0 Å². The van der Waals surface area contributed by atoms with Crippen LogP contribution in [0.15, 0.2) is 20.9 Å². The third-order valence-corrected chi connectivity index (χ3v) is 5.63. The van der Waals surface area contributed by atoms with E-state index in [2.05, 4.69) is 23.8 Å². The highest BCUT2D eigenvalue weighted by Crippen LogP contribution is 2.57. The van der Waals surface area contributed by atoms with Crippen LogP contribution in [-0.2, 0) is 22.7 Å². The number of aromatic amines is 1. The van der Waals surface area contributed by atoms with Crippen LogP contribution < -0.4 is 16.2 Å². The molecule has 1 aliphatic heterocycles. The van der Waals surface area contributed by atoms with Gasteiger partial charge in [0.25, 0.3) is 5.56 Å². The third-order valence-electron chi connectivity index (χ3n) is 3.48. The van der Waals surface area contributed by atoms with Gasteiger partial charge >= 0.3 is 21.3 Å². The van der Waals surface area contributed by atoms with E-state index in [9.17, 15) is 23.6 Å². The van der Waals surface area contributed by atoms with Crippen molar-refractivity contribution in [2.75, 3.05) is 6.61 Å². The predicted octanol–water partition coefficient (Wildman–Crippen LogP) is -0.722. The van der Waals surface area contributed by atoms with E-state index in [0.29, 0.717) is 0 Å². The minimum atomic E-state index is -5.28. The van der Waals surface area contributed by atoms with Gasteiger partial charge in [-0.3, -0.25) is 18.9 Å². The second-order valence-electron chi connectivity index (χ2n) is 5.46. The molecule has 1 fully saturated rings. The topological polar surface area (TPSA) is 228 Å². The monoisotopic (exact) mass is 428 g/mol. The molecule has 15 nitrogen and oxygen atoms in total. The van der Waals surface area contributed by atoms with Gasteiger partial charge in [0.15, 0.2) is 6.04 Å². The Bertz CT molecular complexity index is 962. The SMILES string of the molecule is Cc1cn([C@H]2C[C@H](N=[N+]=N)[C@@H](COP(=O)(O)OP(=O)(O)O)O2)c(=O)[nH]c1=O. The Morgan fingerprint density at radius 1 is 1.44 bits per heavy atom. The van der Waals surface area contributed by atoms with E-state index in [1.165, 1.54) is 13.1 Å². The second kappa shape index (κ2) is 8.07. The van der Waals surface area contributed by atoms with Gasteiger partial charge in [0, 0.05) is 18.2 Å². The van der Waals surface area contributed by atoms with Crippen LogP contribution in [0.2, 0.25) is 0 Å². The molecule has 27 heavy (non-hydrogen) atoms. The van der Waals surface area contributed by atoms with Crippen molar-refractivity contribution in [1.82, 2.24) is 14.5 Å². The summed E-state index contributed by atoms with van der Waals surface area (Å²) in [6.07, 6.45) is -0.795. The van der Waals surface area contributed by atoms with Crippen molar-refractivity contribution in [1.29, 1.82) is 5.53 Å². The molecule has 0 aliphatic carbocycles. The standard InChI is InChI=1S/C10H15N5O10P2/c1-5-3-15(10(17)12-9(5)16)8-2-6(13-14-11)7(24-8)4-23-27(21,22)25-26(18,19)20/h3,6-8,11H,2,4H2,1H3,(H3-,12,16,17,18,19,20,21,22)/p+1/t6-,7+,8+/m0/s1. The molecule has 0 radical (unpaired) electrons. The first kappa shape index (κ1) is 21.5. The van der Waals surface area contributed by atoms with Gasteiger partial charge in [-0.2, -0.15) is 4.31 Å². The van der Waals surface area contributed by atoms with Gasteiger partial charge < -0.3 is 19.4 Å². The molecule has 5 N–H and O–H groups in total. The Morgan fingerprint density at radius 3 is 2.70 bits per heavy atom. The van der Waals surface area contributed by atoms with Gasteiger partial charge in [0.1, 0.15) is 23.0 Å².